The van der Waals surface area contributed by atoms with Crippen molar-refractivity contribution in [1.82, 2.24) is 10.1 Å². The molecule has 100 valence electrons. The minimum Gasteiger partial charge on any atom is -0.398 e. The second-order valence-electron chi connectivity index (χ2n) is 4.48. The van der Waals surface area contributed by atoms with Gasteiger partial charge in [-0.25, -0.2) is 0 Å². The van der Waals surface area contributed by atoms with Crippen molar-refractivity contribution >= 4 is 29.2 Å². The molecule has 4 nitrogen and oxygen atoms in total. The van der Waals surface area contributed by atoms with Crippen LogP contribution in [0.1, 0.15) is 16.6 Å². The predicted octanol–water partition coefficient (Wildman–Crippen LogP) is 3.15. The molecule has 1 atom stereocenters. The highest BCUT2D eigenvalue weighted by molar-refractivity contribution is 8.06. The average molecular weight is 293 g/mol. The lowest BCUT2D eigenvalue weighted by Gasteiger charge is -2.16. The van der Waals surface area contributed by atoms with Gasteiger partial charge in [-0.05, 0) is 19.1 Å². The van der Waals surface area contributed by atoms with Gasteiger partial charge < -0.3 is 10.3 Å². The Morgan fingerprint density at radius 2 is 2.26 bits per heavy atom. The predicted molar refractivity (Wildman–Crippen MR) is 81.4 cm³/mol. The third kappa shape index (κ3) is 2.74. The lowest BCUT2D eigenvalue weighted by molar-refractivity contribution is 0.423. The first-order chi connectivity index (χ1) is 9.24. The Morgan fingerprint density at radius 3 is 3.05 bits per heavy atom. The van der Waals surface area contributed by atoms with Gasteiger partial charge in [-0.2, -0.15) is 16.7 Å². The molecule has 6 heteroatoms. The summed E-state index contributed by atoms with van der Waals surface area (Å²) in [6.07, 6.45) is 0. The third-order valence-electron chi connectivity index (χ3n) is 2.98. The van der Waals surface area contributed by atoms with E-state index in [1.807, 2.05) is 48.6 Å². The summed E-state index contributed by atoms with van der Waals surface area (Å²) in [5.41, 5.74) is 8.60. The number of hydrogen-bond donors (Lipinski definition) is 1. The first-order valence-electron chi connectivity index (χ1n) is 6.13. The highest BCUT2D eigenvalue weighted by atomic mass is 32.2. The second kappa shape index (κ2) is 5.46. The summed E-state index contributed by atoms with van der Waals surface area (Å²) in [7, 11) is 0. The summed E-state index contributed by atoms with van der Waals surface area (Å²) in [5.74, 6) is 4.70. The number of benzene rings is 1. The Balaban J connectivity index is 1.89. The van der Waals surface area contributed by atoms with Crippen molar-refractivity contribution in [2.24, 2.45) is 0 Å². The molecule has 1 fully saturated rings. The number of thioether (sulfide) groups is 2. The molecule has 3 rings (SSSR count). The van der Waals surface area contributed by atoms with Crippen LogP contribution in [-0.4, -0.2) is 27.4 Å². The van der Waals surface area contributed by atoms with E-state index in [1.165, 1.54) is 5.75 Å². The fourth-order valence-electron chi connectivity index (χ4n) is 1.97. The summed E-state index contributed by atoms with van der Waals surface area (Å²) in [4.78, 5) is 4.51. The maximum atomic E-state index is 5.97. The van der Waals surface area contributed by atoms with Gasteiger partial charge in [0, 0.05) is 22.9 Å². The van der Waals surface area contributed by atoms with E-state index in [0.29, 0.717) is 16.8 Å². The van der Waals surface area contributed by atoms with Gasteiger partial charge in [0.2, 0.25) is 0 Å². The molecule has 0 spiro atoms. The van der Waals surface area contributed by atoms with E-state index < -0.39 is 0 Å². The summed E-state index contributed by atoms with van der Waals surface area (Å²) >= 11 is 3.84. The first kappa shape index (κ1) is 12.9. The van der Waals surface area contributed by atoms with Crippen LogP contribution >= 0.6 is 23.5 Å². The zero-order valence-corrected chi connectivity index (χ0v) is 12.3. The van der Waals surface area contributed by atoms with Crippen molar-refractivity contribution in [1.29, 1.82) is 0 Å². The van der Waals surface area contributed by atoms with Gasteiger partial charge in [-0.1, -0.05) is 16.8 Å². The number of nitrogens with two attached hydrogens (primary N) is 1. The summed E-state index contributed by atoms with van der Waals surface area (Å²) in [6.45, 7) is 2.02. The van der Waals surface area contributed by atoms with Gasteiger partial charge in [0.1, 0.15) is 0 Å². The molecule has 1 aromatic heterocycles. The van der Waals surface area contributed by atoms with Crippen LogP contribution in [0.25, 0.3) is 11.5 Å². The molecule has 0 radical (unpaired) electrons. The van der Waals surface area contributed by atoms with Crippen molar-refractivity contribution < 1.29 is 4.52 Å². The molecule has 1 aliphatic rings. The number of anilines is 1. The molecule has 0 saturated carbocycles. The number of aromatic nitrogens is 2. The van der Waals surface area contributed by atoms with Gasteiger partial charge in [0.25, 0.3) is 5.89 Å². The lowest BCUT2D eigenvalue weighted by atomic mass is 10.1. The van der Waals surface area contributed by atoms with E-state index in [9.17, 15) is 0 Å². The monoisotopic (exact) mass is 293 g/mol. The van der Waals surface area contributed by atoms with Crippen LogP contribution in [0.5, 0.6) is 0 Å². The van der Waals surface area contributed by atoms with Crippen LogP contribution in [0.3, 0.4) is 0 Å². The van der Waals surface area contributed by atoms with Crippen LogP contribution in [-0.2, 0) is 0 Å². The minimum atomic E-state index is 0.335. The SMILES string of the molecule is Cc1ccc(N)c(-c2nc(C3CSCCS3)no2)c1. The van der Waals surface area contributed by atoms with Crippen LogP contribution in [0.2, 0.25) is 0 Å². The molecule has 2 heterocycles. The highest BCUT2D eigenvalue weighted by Gasteiger charge is 2.22. The standard InChI is InChI=1S/C13H15N3OS2/c1-8-2-3-10(14)9(6-8)13-15-12(16-17-13)11-7-18-4-5-19-11/h2-3,6,11H,4-5,7,14H2,1H3. The minimum absolute atomic E-state index is 0.335. The average Bonchev–Trinajstić information content (AvgIpc) is 2.92. The Kier molecular flexibility index (Phi) is 3.70. The van der Waals surface area contributed by atoms with E-state index in [1.54, 1.807) is 0 Å². The molecule has 1 unspecified atom stereocenters. The molecule has 1 aromatic carbocycles. The van der Waals surface area contributed by atoms with Crippen molar-refractivity contribution in [2.75, 3.05) is 23.0 Å². The van der Waals surface area contributed by atoms with E-state index in [0.717, 1.165) is 28.5 Å². The second-order valence-corrected chi connectivity index (χ2v) is 6.94. The molecule has 0 aliphatic carbocycles. The van der Waals surface area contributed by atoms with Crippen molar-refractivity contribution in [2.45, 2.75) is 12.2 Å². The van der Waals surface area contributed by atoms with Gasteiger partial charge >= 0.3 is 0 Å². The Morgan fingerprint density at radius 1 is 1.37 bits per heavy atom. The lowest BCUT2D eigenvalue weighted by Crippen LogP contribution is -2.07. The van der Waals surface area contributed by atoms with Crippen LogP contribution < -0.4 is 5.73 Å². The van der Waals surface area contributed by atoms with Crippen molar-refractivity contribution in [3.8, 4) is 11.5 Å². The molecule has 2 N–H and O–H groups in total. The molecule has 2 aromatic rings. The smallest absolute Gasteiger partial charge is 0.260 e. The van der Waals surface area contributed by atoms with Crippen LogP contribution in [0.4, 0.5) is 5.69 Å². The molecule has 0 bridgehead atoms. The molecule has 19 heavy (non-hydrogen) atoms. The van der Waals surface area contributed by atoms with E-state index in [-0.39, 0.29) is 0 Å². The van der Waals surface area contributed by atoms with E-state index in [4.69, 9.17) is 10.3 Å². The number of rotatable bonds is 2. The molecule has 0 amide bonds. The fraction of sp³-hybridized carbons (Fsp3) is 0.385. The zero-order chi connectivity index (χ0) is 13.2. The third-order valence-corrected chi connectivity index (χ3v) is 5.74. The van der Waals surface area contributed by atoms with Crippen molar-refractivity contribution in [3.63, 3.8) is 0 Å². The van der Waals surface area contributed by atoms with E-state index in [2.05, 4.69) is 10.1 Å². The Hall–Kier alpha value is -1.14. The number of nitrogen functional groups attached to an aromatic ring is 1. The number of nitrogens with zero attached hydrogens (tertiary/aromatic N) is 2. The fourth-order valence-corrected chi connectivity index (χ4v) is 4.56. The van der Waals surface area contributed by atoms with Gasteiger partial charge in [-0.3, -0.25) is 0 Å². The number of aryl methyl sites for hydroxylation is 1. The van der Waals surface area contributed by atoms with Crippen LogP contribution in [0, 0.1) is 6.92 Å². The molecular weight excluding hydrogens is 278 g/mol. The van der Waals surface area contributed by atoms with Gasteiger partial charge in [-0.15, -0.1) is 11.8 Å². The van der Waals surface area contributed by atoms with Crippen molar-refractivity contribution in [3.05, 3.63) is 29.6 Å². The van der Waals surface area contributed by atoms with Gasteiger partial charge in [0.15, 0.2) is 5.82 Å². The van der Waals surface area contributed by atoms with Crippen LogP contribution in [0.15, 0.2) is 22.7 Å². The summed E-state index contributed by atoms with van der Waals surface area (Å²) in [5, 5.41) is 4.45. The topological polar surface area (TPSA) is 64.9 Å². The quantitative estimate of drug-likeness (QED) is 0.858. The summed E-state index contributed by atoms with van der Waals surface area (Å²) in [6, 6.07) is 5.83. The largest absolute Gasteiger partial charge is 0.398 e. The maximum Gasteiger partial charge on any atom is 0.260 e. The maximum absolute atomic E-state index is 5.97. The zero-order valence-electron chi connectivity index (χ0n) is 10.6. The Labute approximate surface area is 120 Å². The van der Waals surface area contributed by atoms with E-state index >= 15 is 0 Å². The first-order valence-corrected chi connectivity index (χ1v) is 8.34. The normalized spacial score (nSPS) is 19.5. The molecule has 1 aliphatic heterocycles. The number of hydrogen-bond acceptors (Lipinski definition) is 6. The van der Waals surface area contributed by atoms with Gasteiger partial charge in [0.05, 0.1) is 10.8 Å². The Bertz CT molecular complexity index is 579. The molecule has 1 saturated heterocycles. The molecular formula is C13H15N3OS2. The summed E-state index contributed by atoms with van der Waals surface area (Å²) < 4.78 is 5.38. The highest BCUT2D eigenvalue weighted by Crippen LogP contribution is 2.36.